The highest BCUT2D eigenvalue weighted by atomic mass is 16.4. The fraction of sp³-hybridized carbons (Fsp3) is 0.105. The number of para-hydroxylation sites is 2. The van der Waals surface area contributed by atoms with Gasteiger partial charge in [0.25, 0.3) is 0 Å². The van der Waals surface area contributed by atoms with Gasteiger partial charge in [-0.3, -0.25) is 18.7 Å². The number of hydrogen-bond donors (Lipinski definition) is 1. The molecule has 0 bridgehead atoms. The van der Waals surface area contributed by atoms with Crippen molar-refractivity contribution in [1.82, 2.24) is 9.13 Å². The van der Waals surface area contributed by atoms with Gasteiger partial charge in [-0.2, -0.15) is 0 Å². The third kappa shape index (κ3) is 3.01. The molecular weight excluding hydrogens is 320 g/mol. The van der Waals surface area contributed by atoms with Gasteiger partial charge < -0.3 is 5.11 Å². The molecule has 2 aromatic carbocycles. The van der Waals surface area contributed by atoms with E-state index in [0.29, 0.717) is 11.0 Å². The van der Waals surface area contributed by atoms with E-state index in [2.05, 4.69) is 6.58 Å². The van der Waals surface area contributed by atoms with Gasteiger partial charge in [-0.05, 0) is 29.8 Å². The van der Waals surface area contributed by atoms with Crippen LogP contribution in [0.1, 0.15) is 15.9 Å². The summed E-state index contributed by atoms with van der Waals surface area (Å²) in [6, 6.07) is 13.4. The topological polar surface area (TPSA) is 81.3 Å². The van der Waals surface area contributed by atoms with Crippen molar-refractivity contribution in [2.45, 2.75) is 13.1 Å². The first-order valence-electron chi connectivity index (χ1n) is 7.68. The number of fused-ring (bicyclic) bond motifs is 1. The molecule has 6 heteroatoms. The number of carboxylic acids is 1. The van der Waals surface area contributed by atoms with E-state index in [1.165, 1.54) is 21.3 Å². The van der Waals surface area contributed by atoms with Crippen LogP contribution in [0.2, 0.25) is 0 Å². The summed E-state index contributed by atoms with van der Waals surface area (Å²) in [4.78, 5) is 35.9. The number of carboxylic acid groups (broad SMARTS) is 1. The van der Waals surface area contributed by atoms with Gasteiger partial charge in [0, 0.05) is 6.54 Å². The highest BCUT2D eigenvalue weighted by Gasteiger charge is 2.12. The Kier molecular flexibility index (Phi) is 4.35. The van der Waals surface area contributed by atoms with Crippen molar-refractivity contribution in [2.24, 2.45) is 0 Å². The van der Waals surface area contributed by atoms with E-state index in [4.69, 9.17) is 5.11 Å². The number of carbonyl (C=O) groups is 1. The van der Waals surface area contributed by atoms with Gasteiger partial charge in [-0.25, -0.2) is 4.79 Å². The van der Waals surface area contributed by atoms with E-state index in [0.717, 1.165) is 5.56 Å². The first-order valence-corrected chi connectivity index (χ1v) is 7.68. The van der Waals surface area contributed by atoms with Crippen molar-refractivity contribution in [2.75, 3.05) is 0 Å². The van der Waals surface area contributed by atoms with Crippen molar-refractivity contribution in [1.29, 1.82) is 0 Å². The Bertz CT molecular complexity index is 1080. The number of rotatable bonds is 5. The Morgan fingerprint density at radius 3 is 2.08 bits per heavy atom. The quantitative estimate of drug-likeness (QED) is 0.571. The summed E-state index contributed by atoms with van der Waals surface area (Å²) in [5, 5.41) is 8.96. The summed E-state index contributed by atoms with van der Waals surface area (Å²) < 4.78 is 2.81. The van der Waals surface area contributed by atoms with E-state index < -0.39 is 17.1 Å². The first-order chi connectivity index (χ1) is 12.0. The zero-order valence-electron chi connectivity index (χ0n) is 13.4. The molecule has 3 aromatic rings. The van der Waals surface area contributed by atoms with E-state index in [1.54, 1.807) is 42.5 Å². The molecule has 0 fully saturated rings. The molecule has 3 rings (SSSR count). The summed E-state index contributed by atoms with van der Waals surface area (Å²) in [7, 11) is 0. The van der Waals surface area contributed by atoms with Crippen LogP contribution in [0.5, 0.6) is 0 Å². The summed E-state index contributed by atoms with van der Waals surface area (Å²) in [5.41, 5.74) is 0.953. The van der Waals surface area contributed by atoms with E-state index in [1.807, 2.05) is 0 Å². The Balaban J connectivity index is 2.16. The minimum Gasteiger partial charge on any atom is -0.478 e. The number of aromatic carboxylic acids is 1. The molecule has 0 aliphatic heterocycles. The molecule has 0 unspecified atom stereocenters. The number of nitrogens with zero attached hydrogens (tertiary/aromatic N) is 2. The molecule has 0 aliphatic carbocycles. The van der Waals surface area contributed by atoms with Crippen LogP contribution in [-0.4, -0.2) is 20.2 Å². The minimum absolute atomic E-state index is 0.169. The number of benzene rings is 2. The number of allylic oxidation sites excluding steroid dienone is 1. The maximum absolute atomic E-state index is 12.6. The third-order valence-electron chi connectivity index (χ3n) is 3.99. The van der Waals surface area contributed by atoms with Gasteiger partial charge in [0.15, 0.2) is 0 Å². The number of aromatic nitrogens is 2. The molecule has 0 spiro atoms. The van der Waals surface area contributed by atoms with Gasteiger partial charge in [0.05, 0.1) is 23.1 Å². The molecular formula is C19H16N2O4. The Morgan fingerprint density at radius 2 is 1.52 bits per heavy atom. The molecule has 126 valence electrons. The van der Waals surface area contributed by atoms with Crippen molar-refractivity contribution < 1.29 is 9.90 Å². The van der Waals surface area contributed by atoms with Crippen LogP contribution >= 0.6 is 0 Å². The maximum Gasteiger partial charge on any atom is 0.335 e. The van der Waals surface area contributed by atoms with Crippen LogP contribution in [0, 0.1) is 0 Å². The lowest BCUT2D eigenvalue weighted by molar-refractivity contribution is 0.0697. The summed E-state index contributed by atoms with van der Waals surface area (Å²) in [6.07, 6.45) is 1.57. The SMILES string of the molecule is C=CCn1c(=O)c(=O)n(Cc2ccc(C(=O)O)cc2)c2ccccc21. The zero-order valence-corrected chi connectivity index (χ0v) is 13.4. The zero-order chi connectivity index (χ0) is 18.0. The highest BCUT2D eigenvalue weighted by Crippen LogP contribution is 2.13. The monoisotopic (exact) mass is 336 g/mol. The predicted octanol–water partition coefficient (Wildman–Crippen LogP) is 2.10. The van der Waals surface area contributed by atoms with Crippen molar-refractivity contribution in [3.8, 4) is 0 Å². The van der Waals surface area contributed by atoms with Gasteiger partial charge in [0.1, 0.15) is 0 Å². The lowest BCUT2D eigenvalue weighted by Gasteiger charge is -2.14. The van der Waals surface area contributed by atoms with Crippen LogP contribution < -0.4 is 11.1 Å². The summed E-state index contributed by atoms with van der Waals surface area (Å²) in [5.74, 6) is -1.01. The van der Waals surface area contributed by atoms with Crippen LogP contribution in [0.3, 0.4) is 0 Å². The standard InChI is InChI=1S/C19H16N2O4/c1-2-11-20-15-5-3-4-6-16(15)21(18(23)17(20)22)12-13-7-9-14(10-8-13)19(24)25/h2-10H,1,11-12H2,(H,24,25). The Hall–Kier alpha value is -3.41. The maximum atomic E-state index is 12.6. The highest BCUT2D eigenvalue weighted by molar-refractivity contribution is 5.87. The lowest BCUT2D eigenvalue weighted by Crippen LogP contribution is -2.41. The largest absolute Gasteiger partial charge is 0.478 e. The van der Waals surface area contributed by atoms with E-state index in [-0.39, 0.29) is 18.7 Å². The Labute approximate surface area is 142 Å². The minimum atomic E-state index is -1.01. The molecule has 6 nitrogen and oxygen atoms in total. The second-order valence-electron chi connectivity index (χ2n) is 5.59. The van der Waals surface area contributed by atoms with Gasteiger partial charge in [-0.15, -0.1) is 6.58 Å². The third-order valence-corrected chi connectivity index (χ3v) is 3.99. The molecule has 0 atom stereocenters. The Morgan fingerprint density at radius 1 is 0.960 bits per heavy atom. The van der Waals surface area contributed by atoms with Crippen LogP contribution in [0.25, 0.3) is 11.0 Å². The normalized spacial score (nSPS) is 10.7. The average Bonchev–Trinajstić information content (AvgIpc) is 2.62. The smallest absolute Gasteiger partial charge is 0.335 e. The van der Waals surface area contributed by atoms with Crippen molar-refractivity contribution in [3.63, 3.8) is 0 Å². The van der Waals surface area contributed by atoms with Crippen LogP contribution in [0.15, 0.2) is 70.8 Å². The molecule has 25 heavy (non-hydrogen) atoms. The van der Waals surface area contributed by atoms with Gasteiger partial charge >= 0.3 is 17.1 Å². The summed E-state index contributed by atoms with van der Waals surface area (Å²) >= 11 is 0. The molecule has 0 saturated carbocycles. The van der Waals surface area contributed by atoms with Crippen molar-refractivity contribution >= 4 is 17.0 Å². The second-order valence-corrected chi connectivity index (χ2v) is 5.59. The van der Waals surface area contributed by atoms with Gasteiger partial charge in [-0.1, -0.05) is 30.3 Å². The average molecular weight is 336 g/mol. The van der Waals surface area contributed by atoms with Crippen molar-refractivity contribution in [3.05, 3.63) is 93.0 Å². The van der Waals surface area contributed by atoms with E-state index >= 15 is 0 Å². The molecule has 1 heterocycles. The molecule has 0 amide bonds. The van der Waals surface area contributed by atoms with Crippen LogP contribution in [0.4, 0.5) is 0 Å². The van der Waals surface area contributed by atoms with E-state index in [9.17, 15) is 14.4 Å². The molecule has 1 aromatic heterocycles. The molecule has 1 N–H and O–H groups in total. The lowest BCUT2D eigenvalue weighted by atomic mass is 10.1. The summed E-state index contributed by atoms with van der Waals surface area (Å²) in [6.45, 7) is 4.07. The molecule has 0 saturated heterocycles. The van der Waals surface area contributed by atoms with Crippen LogP contribution in [-0.2, 0) is 13.1 Å². The fourth-order valence-corrected chi connectivity index (χ4v) is 2.77. The number of hydrogen-bond acceptors (Lipinski definition) is 3. The van der Waals surface area contributed by atoms with Gasteiger partial charge in [0.2, 0.25) is 0 Å². The predicted molar refractivity (Wildman–Crippen MR) is 95.2 cm³/mol. The fourth-order valence-electron chi connectivity index (χ4n) is 2.77. The first kappa shape index (κ1) is 16.4. The molecule has 0 aliphatic rings. The second kappa shape index (κ2) is 6.60. The molecule has 0 radical (unpaired) electrons.